The fraction of sp³-hybridized carbons (Fsp3) is 0.700. The van der Waals surface area contributed by atoms with Crippen LogP contribution in [0.2, 0.25) is 0 Å². The lowest BCUT2D eigenvalue weighted by Gasteiger charge is -2.04. The minimum atomic E-state index is -2.84. The van der Waals surface area contributed by atoms with E-state index in [0.717, 1.165) is 10.7 Å². The van der Waals surface area contributed by atoms with Gasteiger partial charge in [-0.3, -0.25) is 0 Å². The van der Waals surface area contributed by atoms with Crippen molar-refractivity contribution in [3.63, 3.8) is 0 Å². The smallest absolute Gasteiger partial charge is 0.151 e. The van der Waals surface area contributed by atoms with Gasteiger partial charge < -0.3 is 5.11 Å². The lowest BCUT2D eigenvalue weighted by Crippen LogP contribution is -2.04. The maximum atomic E-state index is 11.3. The van der Waals surface area contributed by atoms with Gasteiger partial charge in [0.2, 0.25) is 0 Å². The highest BCUT2D eigenvalue weighted by molar-refractivity contribution is 7.91. The van der Waals surface area contributed by atoms with E-state index in [4.69, 9.17) is 5.11 Å². The maximum absolute atomic E-state index is 11.3. The van der Waals surface area contributed by atoms with Crippen LogP contribution in [0.3, 0.4) is 0 Å². The van der Waals surface area contributed by atoms with Crippen LogP contribution in [0.1, 0.15) is 35.9 Å². The van der Waals surface area contributed by atoms with Gasteiger partial charge in [0.15, 0.2) is 9.84 Å². The molecule has 2 unspecified atom stereocenters. The summed E-state index contributed by atoms with van der Waals surface area (Å²) in [4.78, 5) is 4.42. The van der Waals surface area contributed by atoms with Gasteiger partial charge in [-0.2, -0.15) is 0 Å². The molecule has 4 nitrogen and oxygen atoms in total. The Bertz CT molecular complexity index is 466. The van der Waals surface area contributed by atoms with E-state index < -0.39 is 9.84 Å². The largest absolute Gasteiger partial charge is 0.396 e. The molecule has 16 heavy (non-hydrogen) atoms. The number of aliphatic hydroxyl groups is 1. The highest BCUT2D eigenvalue weighted by atomic mass is 32.2. The molecule has 1 aliphatic heterocycles. The summed E-state index contributed by atoms with van der Waals surface area (Å²) in [7, 11) is -2.84. The summed E-state index contributed by atoms with van der Waals surface area (Å²) >= 11 is 1.50. The summed E-state index contributed by atoms with van der Waals surface area (Å²) in [6.07, 6.45) is 0.683. The first-order valence-corrected chi connectivity index (χ1v) is 7.98. The Kier molecular flexibility index (Phi) is 3.32. The van der Waals surface area contributed by atoms with Gasteiger partial charge >= 0.3 is 0 Å². The topological polar surface area (TPSA) is 67.3 Å². The molecule has 0 radical (unpaired) electrons. The van der Waals surface area contributed by atoms with Crippen molar-refractivity contribution in [1.29, 1.82) is 0 Å². The van der Waals surface area contributed by atoms with E-state index in [0.29, 0.717) is 6.42 Å². The quantitative estimate of drug-likeness (QED) is 0.886. The predicted molar refractivity (Wildman–Crippen MR) is 63.6 cm³/mol. The van der Waals surface area contributed by atoms with Crippen molar-refractivity contribution < 1.29 is 13.5 Å². The highest BCUT2D eigenvalue weighted by Gasteiger charge is 2.31. The summed E-state index contributed by atoms with van der Waals surface area (Å²) in [6.45, 7) is 1.98. The SMILES string of the molecule is CC(CO)c1csc(C2CCS(=O)(=O)C2)n1. The molecule has 0 aliphatic carbocycles. The average Bonchev–Trinajstić information content (AvgIpc) is 2.83. The number of aliphatic hydroxyl groups excluding tert-OH is 1. The molecule has 1 saturated heterocycles. The first-order valence-electron chi connectivity index (χ1n) is 5.28. The second kappa shape index (κ2) is 4.43. The third-order valence-electron chi connectivity index (χ3n) is 2.90. The van der Waals surface area contributed by atoms with E-state index in [9.17, 15) is 8.42 Å². The number of sulfone groups is 1. The Hall–Kier alpha value is -0.460. The van der Waals surface area contributed by atoms with Crippen molar-refractivity contribution in [3.05, 3.63) is 16.1 Å². The lowest BCUT2D eigenvalue weighted by atomic mass is 10.1. The first kappa shape index (κ1) is 12.0. The van der Waals surface area contributed by atoms with E-state index in [-0.39, 0.29) is 29.9 Å². The number of hydrogen-bond donors (Lipinski definition) is 1. The normalized spacial score (nSPS) is 25.8. The first-order chi connectivity index (χ1) is 7.52. The molecule has 0 amide bonds. The second-order valence-corrected chi connectivity index (χ2v) is 7.41. The van der Waals surface area contributed by atoms with Gasteiger partial charge in [-0.1, -0.05) is 6.92 Å². The fourth-order valence-electron chi connectivity index (χ4n) is 1.80. The second-order valence-electron chi connectivity index (χ2n) is 4.29. The van der Waals surface area contributed by atoms with Crippen LogP contribution in [0.15, 0.2) is 5.38 Å². The van der Waals surface area contributed by atoms with Crippen LogP contribution in [-0.4, -0.2) is 36.6 Å². The number of rotatable bonds is 3. The van der Waals surface area contributed by atoms with Crippen molar-refractivity contribution in [3.8, 4) is 0 Å². The van der Waals surface area contributed by atoms with Crippen LogP contribution in [-0.2, 0) is 9.84 Å². The molecular weight excluding hydrogens is 246 g/mol. The fourth-order valence-corrected chi connectivity index (χ4v) is 4.73. The molecule has 1 N–H and O–H groups in total. The van der Waals surface area contributed by atoms with Gasteiger partial charge in [0.1, 0.15) is 0 Å². The molecule has 2 rings (SSSR count). The maximum Gasteiger partial charge on any atom is 0.151 e. The van der Waals surface area contributed by atoms with Gasteiger partial charge in [-0.15, -0.1) is 11.3 Å². The molecule has 0 aromatic carbocycles. The molecular formula is C10H15NO3S2. The highest BCUT2D eigenvalue weighted by Crippen LogP contribution is 2.32. The van der Waals surface area contributed by atoms with E-state index >= 15 is 0 Å². The molecule has 0 spiro atoms. The summed E-state index contributed by atoms with van der Waals surface area (Å²) in [5, 5.41) is 11.8. The summed E-state index contributed by atoms with van der Waals surface area (Å²) in [5.41, 5.74) is 0.867. The predicted octanol–water partition coefficient (Wildman–Crippen LogP) is 1.14. The summed E-state index contributed by atoms with van der Waals surface area (Å²) in [5.74, 6) is 0.605. The van der Waals surface area contributed by atoms with Gasteiger partial charge in [0, 0.05) is 17.2 Å². The van der Waals surface area contributed by atoms with Gasteiger partial charge in [0.25, 0.3) is 0 Å². The zero-order valence-corrected chi connectivity index (χ0v) is 10.7. The molecule has 1 fully saturated rings. The zero-order valence-electron chi connectivity index (χ0n) is 9.09. The van der Waals surface area contributed by atoms with Crippen molar-refractivity contribution >= 4 is 21.2 Å². The van der Waals surface area contributed by atoms with E-state index in [1.165, 1.54) is 11.3 Å². The van der Waals surface area contributed by atoms with Gasteiger partial charge in [-0.05, 0) is 6.42 Å². The number of nitrogens with zero attached hydrogens (tertiary/aromatic N) is 1. The Morgan fingerprint density at radius 3 is 3.00 bits per heavy atom. The summed E-state index contributed by atoms with van der Waals surface area (Å²) < 4.78 is 22.7. The Labute approximate surface area is 99.3 Å². The number of aromatic nitrogens is 1. The van der Waals surface area contributed by atoms with E-state index in [1.54, 1.807) is 0 Å². The molecule has 2 heterocycles. The van der Waals surface area contributed by atoms with Crippen LogP contribution in [0.5, 0.6) is 0 Å². The number of thiazole rings is 1. The minimum Gasteiger partial charge on any atom is -0.396 e. The van der Waals surface area contributed by atoms with Crippen LogP contribution in [0.4, 0.5) is 0 Å². The molecule has 1 aliphatic rings. The van der Waals surface area contributed by atoms with Crippen LogP contribution >= 0.6 is 11.3 Å². The summed E-state index contributed by atoms with van der Waals surface area (Å²) in [6, 6.07) is 0. The zero-order chi connectivity index (χ0) is 11.8. The van der Waals surface area contributed by atoms with Crippen molar-refractivity contribution in [2.24, 2.45) is 0 Å². The molecule has 90 valence electrons. The van der Waals surface area contributed by atoms with E-state index in [1.807, 2.05) is 12.3 Å². The van der Waals surface area contributed by atoms with Crippen LogP contribution < -0.4 is 0 Å². The Morgan fingerprint density at radius 1 is 1.69 bits per heavy atom. The average molecular weight is 261 g/mol. The van der Waals surface area contributed by atoms with Crippen molar-refractivity contribution in [2.75, 3.05) is 18.1 Å². The van der Waals surface area contributed by atoms with E-state index in [2.05, 4.69) is 4.98 Å². The van der Waals surface area contributed by atoms with Crippen molar-refractivity contribution in [2.45, 2.75) is 25.2 Å². The van der Waals surface area contributed by atoms with Crippen LogP contribution in [0.25, 0.3) is 0 Å². The Balaban J connectivity index is 2.14. The third-order valence-corrected chi connectivity index (χ3v) is 5.69. The standard InChI is InChI=1S/C10H15NO3S2/c1-7(4-12)9-5-15-10(11-9)8-2-3-16(13,14)6-8/h5,7-8,12H,2-4,6H2,1H3. The van der Waals surface area contributed by atoms with Crippen molar-refractivity contribution in [1.82, 2.24) is 4.98 Å². The number of hydrogen-bond acceptors (Lipinski definition) is 5. The monoisotopic (exact) mass is 261 g/mol. The van der Waals surface area contributed by atoms with Crippen LogP contribution in [0, 0.1) is 0 Å². The lowest BCUT2D eigenvalue weighted by molar-refractivity contribution is 0.271. The molecule has 2 atom stereocenters. The molecule has 1 aromatic rings. The molecule has 0 bridgehead atoms. The van der Waals surface area contributed by atoms with Gasteiger partial charge in [-0.25, -0.2) is 13.4 Å². The molecule has 1 aromatic heterocycles. The third kappa shape index (κ3) is 2.44. The Morgan fingerprint density at radius 2 is 2.44 bits per heavy atom. The minimum absolute atomic E-state index is 0.0306. The molecule has 0 saturated carbocycles. The van der Waals surface area contributed by atoms with Gasteiger partial charge in [0.05, 0.1) is 28.8 Å². The molecule has 6 heteroatoms.